The van der Waals surface area contributed by atoms with Crippen molar-refractivity contribution in [2.75, 3.05) is 33.2 Å². The number of ether oxygens (including phenoxy) is 2. The van der Waals surface area contributed by atoms with Crippen LogP contribution in [0.2, 0.25) is 0 Å². The second kappa shape index (κ2) is 16.6. The molecule has 6 heteroatoms. The highest BCUT2D eigenvalue weighted by atomic mass is 32.1. The molecule has 2 aromatic rings. The Morgan fingerprint density at radius 1 is 1.12 bits per heavy atom. The third-order valence-electron chi connectivity index (χ3n) is 6.06. The van der Waals surface area contributed by atoms with Crippen molar-refractivity contribution in [1.82, 2.24) is 4.90 Å². The molecule has 1 aliphatic rings. The van der Waals surface area contributed by atoms with Crippen molar-refractivity contribution >= 4 is 19.3 Å². The van der Waals surface area contributed by atoms with Crippen LogP contribution in [0.3, 0.4) is 0 Å². The third kappa shape index (κ3) is 9.32. The van der Waals surface area contributed by atoms with E-state index in [9.17, 15) is 0 Å². The average molecular weight is 488 g/mol. The van der Waals surface area contributed by atoms with Crippen LogP contribution in [0.5, 0.6) is 11.5 Å². The van der Waals surface area contributed by atoms with Gasteiger partial charge in [-0.2, -0.15) is 0 Å². The molecule has 0 spiro atoms. The summed E-state index contributed by atoms with van der Waals surface area (Å²) in [6.07, 6.45) is 5.78. The monoisotopic (exact) mass is 487 g/mol. The Morgan fingerprint density at radius 2 is 1.79 bits per heavy atom. The summed E-state index contributed by atoms with van der Waals surface area (Å²) in [5, 5.41) is 0. The Hall–Kier alpha value is -2.02. The van der Waals surface area contributed by atoms with E-state index in [1.54, 1.807) is 7.11 Å². The number of fused-ring (bicyclic) bond motifs is 1. The fraction of sp³-hybridized carbons (Fsp3) is 0.536. The molecule has 5 nitrogen and oxygen atoms in total. The van der Waals surface area contributed by atoms with Crippen LogP contribution in [-0.4, -0.2) is 44.8 Å². The van der Waals surface area contributed by atoms with Gasteiger partial charge in [-0.1, -0.05) is 39.0 Å². The molecule has 1 atom stereocenters. The standard InChI is InChI=1S/C14H23NO2S.C12H16N2.C2H6/c1-5-15(3)7-6-12-9-13(16-4)14(17-10-18)8-11(12)2;1-14-12(13)11-7-6-9-4-2-3-5-10(9)8-11;1-2/h8-9,18H,5-7,10H2,1-4H3;6-8,12H,1-5,13H2;1-2H3. The van der Waals surface area contributed by atoms with Gasteiger partial charge in [-0.25, -0.2) is 0 Å². The molecule has 0 radical (unpaired) electrons. The first kappa shape index (κ1) is 30.0. The van der Waals surface area contributed by atoms with Gasteiger partial charge in [0.25, 0.3) is 0 Å². The van der Waals surface area contributed by atoms with E-state index in [4.69, 9.17) is 15.2 Å². The minimum atomic E-state index is -0.262. The molecule has 0 saturated carbocycles. The van der Waals surface area contributed by atoms with Crippen LogP contribution in [0.1, 0.15) is 67.6 Å². The molecular formula is C28H45N3O2S. The molecule has 190 valence electrons. The van der Waals surface area contributed by atoms with Crippen LogP contribution in [0.4, 0.5) is 0 Å². The molecule has 0 fully saturated rings. The minimum absolute atomic E-state index is 0.262. The van der Waals surface area contributed by atoms with E-state index in [1.165, 1.54) is 47.9 Å². The van der Waals surface area contributed by atoms with Crippen molar-refractivity contribution in [3.8, 4) is 11.5 Å². The highest BCUT2D eigenvalue weighted by molar-refractivity contribution is 7.80. The number of nitrogens with zero attached hydrogens (tertiary/aromatic N) is 2. The summed E-state index contributed by atoms with van der Waals surface area (Å²) >= 11 is 4.07. The van der Waals surface area contributed by atoms with Gasteiger partial charge < -0.3 is 20.1 Å². The predicted octanol–water partition coefficient (Wildman–Crippen LogP) is 6.01. The lowest BCUT2D eigenvalue weighted by Crippen LogP contribution is -2.20. The first-order chi connectivity index (χ1) is 16.4. The molecule has 0 saturated heterocycles. The molecule has 3 rings (SSSR count). The van der Waals surface area contributed by atoms with E-state index in [2.05, 4.69) is 74.4 Å². The largest absolute Gasteiger partial charge is 0.493 e. The molecule has 0 aliphatic heterocycles. The topological polar surface area (TPSA) is 60.1 Å². The zero-order valence-corrected chi connectivity index (χ0v) is 23.0. The van der Waals surface area contributed by atoms with Gasteiger partial charge in [0.1, 0.15) is 12.1 Å². The van der Waals surface area contributed by atoms with E-state index in [1.807, 2.05) is 19.9 Å². The van der Waals surface area contributed by atoms with E-state index in [0.717, 1.165) is 36.6 Å². The smallest absolute Gasteiger partial charge is 0.162 e. The number of aliphatic imine (C=N–C) groups is 1. The molecule has 2 aromatic carbocycles. The molecule has 0 amide bonds. The summed E-state index contributed by atoms with van der Waals surface area (Å²) in [6, 6.07) is 10.5. The van der Waals surface area contributed by atoms with E-state index >= 15 is 0 Å². The minimum Gasteiger partial charge on any atom is -0.493 e. The lowest BCUT2D eigenvalue weighted by Gasteiger charge is -2.17. The predicted molar refractivity (Wildman–Crippen MR) is 150 cm³/mol. The maximum Gasteiger partial charge on any atom is 0.162 e. The molecule has 0 aromatic heterocycles. The fourth-order valence-corrected chi connectivity index (χ4v) is 3.97. The highest BCUT2D eigenvalue weighted by Gasteiger charge is 2.11. The van der Waals surface area contributed by atoms with Gasteiger partial charge in [-0.05, 0) is 99.3 Å². The SMILES string of the molecule is C=NC(N)c1ccc2c(c1)CCCC2.CC.CCN(C)CCc1cc(OC)c(OCS)cc1C. The number of rotatable bonds is 9. The Balaban J connectivity index is 0.000000324. The van der Waals surface area contributed by atoms with Crippen LogP contribution in [0.25, 0.3) is 0 Å². The van der Waals surface area contributed by atoms with Crippen LogP contribution in [0, 0.1) is 6.92 Å². The fourth-order valence-electron chi connectivity index (χ4n) is 3.83. The average Bonchev–Trinajstić information content (AvgIpc) is 2.89. The zero-order chi connectivity index (χ0) is 25.5. The summed E-state index contributed by atoms with van der Waals surface area (Å²) in [4.78, 5) is 6.13. The summed E-state index contributed by atoms with van der Waals surface area (Å²) in [5.41, 5.74) is 12.4. The molecule has 2 N–H and O–H groups in total. The maximum atomic E-state index is 5.80. The van der Waals surface area contributed by atoms with Crippen LogP contribution < -0.4 is 15.2 Å². The Labute approximate surface area is 213 Å². The van der Waals surface area contributed by atoms with Crippen LogP contribution in [-0.2, 0) is 19.3 Å². The molecular weight excluding hydrogens is 442 g/mol. The second-order valence-electron chi connectivity index (χ2n) is 8.21. The van der Waals surface area contributed by atoms with Crippen molar-refractivity contribution in [1.29, 1.82) is 0 Å². The van der Waals surface area contributed by atoms with E-state index < -0.39 is 0 Å². The van der Waals surface area contributed by atoms with Gasteiger partial charge in [0, 0.05) is 6.54 Å². The first-order valence-corrected chi connectivity index (χ1v) is 13.0. The van der Waals surface area contributed by atoms with Gasteiger partial charge in [0.15, 0.2) is 11.5 Å². The second-order valence-corrected chi connectivity index (χ2v) is 8.47. The lowest BCUT2D eigenvalue weighted by atomic mass is 9.90. The highest BCUT2D eigenvalue weighted by Crippen LogP contribution is 2.31. The number of aryl methyl sites for hydroxylation is 3. The van der Waals surface area contributed by atoms with Crippen molar-refractivity contribution in [2.45, 2.75) is 66.0 Å². The van der Waals surface area contributed by atoms with Gasteiger partial charge in [-0.3, -0.25) is 4.99 Å². The number of nitrogens with two attached hydrogens (primary N) is 1. The lowest BCUT2D eigenvalue weighted by molar-refractivity contribution is 0.342. The number of benzene rings is 2. The zero-order valence-electron chi connectivity index (χ0n) is 22.1. The number of methoxy groups -OCH3 is 1. The van der Waals surface area contributed by atoms with Crippen LogP contribution >= 0.6 is 12.6 Å². The van der Waals surface area contributed by atoms with Crippen molar-refractivity contribution in [2.24, 2.45) is 10.7 Å². The molecule has 1 aliphatic carbocycles. The van der Waals surface area contributed by atoms with Crippen molar-refractivity contribution in [3.63, 3.8) is 0 Å². The third-order valence-corrected chi connectivity index (χ3v) is 6.18. The van der Waals surface area contributed by atoms with Gasteiger partial charge in [0.2, 0.25) is 0 Å². The molecule has 1 unspecified atom stereocenters. The quantitative estimate of drug-likeness (QED) is 0.258. The van der Waals surface area contributed by atoms with Crippen molar-refractivity contribution in [3.05, 3.63) is 58.1 Å². The summed E-state index contributed by atoms with van der Waals surface area (Å²) in [7, 11) is 3.79. The van der Waals surface area contributed by atoms with Crippen molar-refractivity contribution < 1.29 is 9.47 Å². The normalized spacial score (nSPS) is 13.0. The van der Waals surface area contributed by atoms with Gasteiger partial charge >= 0.3 is 0 Å². The number of likely N-dealkylation sites (N-methyl/N-ethyl adjacent to an activating group) is 1. The number of thiol groups is 1. The summed E-state index contributed by atoms with van der Waals surface area (Å²) in [5.74, 6) is 1.90. The summed E-state index contributed by atoms with van der Waals surface area (Å²) < 4.78 is 10.8. The van der Waals surface area contributed by atoms with E-state index in [-0.39, 0.29) is 6.17 Å². The Bertz CT molecular complexity index is 873. The number of hydrogen-bond donors (Lipinski definition) is 2. The van der Waals surface area contributed by atoms with E-state index in [0.29, 0.717) is 5.94 Å². The first-order valence-electron chi connectivity index (χ1n) is 12.4. The van der Waals surface area contributed by atoms with Crippen LogP contribution in [0.15, 0.2) is 35.3 Å². The van der Waals surface area contributed by atoms with Gasteiger partial charge in [-0.15, -0.1) is 12.6 Å². The number of hydrogen-bond acceptors (Lipinski definition) is 6. The Kier molecular flexibility index (Phi) is 14.6. The maximum absolute atomic E-state index is 5.80. The Morgan fingerprint density at radius 3 is 2.38 bits per heavy atom. The molecule has 0 bridgehead atoms. The molecule has 0 heterocycles. The summed E-state index contributed by atoms with van der Waals surface area (Å²) in [6.45, 7) is 13.9. The van der Waals surface area contributed by atoms with Gasteiger partial charge in [0.05, 0.1) is 7.11 Å². The molecule has 34 heavy (non-hydrogen) atoms.